The molecule has 53 heavy (non-hydrogen) atoms. The molecule has 1 aromatic carbocycles. The van der Waals surface area contributed by atoms with Crippen LogP contribution in [-0.4, -0.2) is 74.2 Å². The maximum Gasteiger partial charge on any atom is 0.245 e. The van der Waals surface area contributed by atoms with E-state index in [9.17, 15) is 14.4 Å². The normalized spacial score (nSPS) is 22.1. The number of halogens is 1. The zero-order valence-electron chi connectivity index (χ0n) is 30.5. The molecule has 2 fully saturated rings. The number of aryl methyl sites for hydroxylation is 4. The number of fused-ring (bicyclic) bond motifs is 2. The first-order chi connectivity index (χ1) is 25.6. The van der Waals surface area contributed by atoms with Crippen molar-refractivity contribution in [1.82, 2.24) is 44.6 Å². The highest BCUT2D eigenvalue weighted by atomic mass is 79.9. The SMILES string of the molecule is CC(=O)c1nn2c3c(cc(-c4cnc(C)nc4)cc13)CCCCCCCCc1cn(nn1)C[C@@]13C[C@@H](C(=O)Cc4nc(Br)ccc4C)N(C(=O)C2)[C@@H]1C3. The Morgan fingerprint density at radius 3 is 2.49 bits per heavy atom. The number of pyridine rings is 1. The third kappa shape index (κ3) is 7.07. The van der Waals surface area contributed by atoms with Gasteiger partial charge in [-0.2, -0.15) is 5.10 Å². The average Bonchev–Trinajstić information content (AvgIpc) is 3.39. The summed E-state index contributed by atoms with van der Waals surface area (Å²) in [5.74, 6) is 0.302. The number of hydrogen-bond acceptors (Lipinski definition) is 9. The van der Waals surface area contributed by atoms with E-state index in [-0.39, 0.29) is 41.9 Å². The monoisotopic (exact) mass is 777 g/mol. The smallest absolute Gasteiger partial charge is 0.245 e. The van der Waals surface area contributed by atoms with Crippen molar-refractivity contribution < 1.29 is 14.4 Å². The fraction of sp³-hybridized carbons (Fsp3) is 0.475. The minimum atomic E-state index is -0.611. The number of carbonyl (C=O) groups excluding carboxylic acids is 3. The van der Waals surface area contributed by atoms with Crippen LogP contribution >= 0.6 is 15.9 Å². The summed E-state index contributed by atoms with van der Waals surface area (Å²) in [5.41, 5.74) is 6.27. The van der Waals surface area contributed by atoms with Crippen molar-refractivity contribution in [3.8, 4) is 11.1 Å². The maximum atomic E-state index is 14.7. The Bertz CT molecular complexity index is 2230. The Morgan fingerprint density at radius 1 is 0.962 bits per heavy atom. The fourth-order valence-electron chi connectivity index (χ4n) is 8.57. The Morgan fingerprint density at radius 2 is 1.72 bits per heavy atom. The van der Waals surface area contributed by atoms with E-state index < -0.39 is 6.04 Å². The van der Waals surface area contributed by atoms with Crippen LogP contribution in [0.1, 0.15) is 97.1 Å². The number of rotatable bonds is 5. The van der Waals surface area contributed by atoms with Crippen molar-refractivity contribution in [2.24, 2.45) is 5.41 Å². The second-order valence-electron chi connectivity index (χ2n) is 15.3. The van der Waals surface area contributed by atoms with Crippen LogP contribution < -0.4 is 0 Å². The number of ketones is 2. The summed E-state index contributed by atoms with van der Waals surface area (Å²) in [5, 5.41) is 14.5. The van der Waals surface area contributed by atoms with Crippen LogP contribution in [0.3, 0.4) is 0 Å². The Kier molecular flexibility index (Phi) is 9.54. The molecule has 3 aliphatic rings. The zero-order valence-corrected chi connectivity index (χ0v) is 32.1. The number of hydrogen-bond donors (Lipinski definition) is 0. The Hall–Kier alpha value is -4.65. The van der Waals surface area contributed by atoms with Crippen molar-refractivity contribution in [1.29, 1.82) is 0 Å². The second kappa shape index (κ2) is 14.3. The largest absolute Gasteiger partial charge is 0.327 e. The topological polar surface area (TPSA) is 142 Å². The van der Waals surface area contributed by atoms with Crippen LogP contribution in [0.15, 0.2) is 47.5 Å². The minimum Gasteiger partial charge on any atom is -0.327 e. The number of amides is 1. The Balaban J connectivity index is 1.19. The van der Waals surface area contributed by atoms with Crippen LogP contribution in [0.5, 0.6) is 0 Å². The summed E-state index contributed by atoms with van der Waals surface area (Å²) >= 11 is 3.46. The molecule has 0 radical (unpaired) electrons. The van der Waals surface area contributed by atoms with Crippen LogP contribution in [0.25, 0.3) is 22.0 Å². The van der Waals surface area contributed by atoms with E-state index in [1.807, 2.05) is 47.8 Å². The number of piperidine rings is 1. The predicted molar refractivity (Wildman–Crippen MR) is 202 cm³/mol. The van der Waals surface area contributed by atoms with Gasteiger partial charge in [0.1, 0.15) is 22.7 Å². The van der Waals surface area contributed by atoms with Gasteiger partial charge in [0.15, 0.2) is 11.6 Å². The first-order valence-electron chi connectivity index (χ1n) is 18.8. The van der Waals surface area contributed by atoms with E-state index in [1.165, 1.54) is 6.92 Å². The molecule has 5 aromatic rings. The lowest BCUT2D eigenvalue weighted by Gasteiger charge is -2.27. The van der Waals surface area contributed by atoms with E-state index in [0.717, 1.165) is 91.3 Å². The van der Waals surface area contributed by atoms with Crippen LogP contribution in [0.4, 0.5) is 0 Å². The molecule has 1 amide bonds. The van der Waals surface area contributed by atoms with E-state index in [0.29, 0.717) is 40.2 Å². The molecule has 0 spiro atoms. The van der Waals surface area contributed by atoms with E-state index in [1.54, 1.807) is 17.1 Å². The molecule has 3 atom stereocenters. The van der Waals surface area contributed by atoms with Gasteiger partial charge in [-0.15, -0.1) is 5.10 Å². The van der Waals surface area contributed by atoms with Gasteiger partial charge >= 0.3 is 0 Å². The molecule has 1 aliphatic carbocycles. The predicted octanol–water partition coefficient (Wildman–Crippen LogP) is 6.37. The van der Waals surface area contributed by atoms with Gasteiger partial charge in [-0.05, 0) is 103 Å². The number of Topliss-reactive ketones (excluding diaryl/α,β-unsaturated/α-hetero) is 2. The molecule has 4 aromatic heterocycles. The van der Waals surface area contributed by atoms with Crippen LogP contribution in [0.2, 0.25) is 0 Å². The van der Waals surface area contributed by atoms with Gasteiger partial charge in [-0.25, -0.2) is 15.0 Å². The number of nitrogens with zero attached hydrogens (tertiary/aromatic N) is 9. The lowest BCUT2D eigenvalue weighted by atomic mass is 9.94. The first-order valence-corrected chi connectivity index (χ1v) is 19.6. The van der Waals surface area contributed by atoms with Gasteiger partial charge in [-0.3, -0.25) is 23.7 Å². The molecule has 1 saturated carbocycles. The maximum absolute atomic E-state index is 14.7. The summed E-state index contributed by atoms with van der Waals surface area (Å²) in [7, 11) is 0. The number of aromatic nitrogens is 8. The summed E-state index contributed by atoms with van der Waals surface area (Å²) in [6, 6.07) is 7.21. The third-order valence-electron chi connectivity index (χ3n) is 11.4. The molecule has 274 valence electrons. The molecule has 0 N–H and O–H groups in total. The van der Waals surface area contributed by atoms with Gasteiger partial charge in [0.2, 0.25) is 5.91 Å². The lowest BCUT2D eigenvalue weighted by Crippen LogP contribution is -2.45. The first kappa shape index (κ1) is 35.4. The summed E-state index contributed by atoms with van der Waals surface area (Å²) in [6.07, 6.45) is 15.3. The molecular formula is C40H44BrN9O3. The highest BCUT2D eigenvalue weighted by Gasteiger charge is 2.67. The Labute approximate surface area is 316 Å². The zero-order chi connectivity index (χ0) is 36.9. The minimum absolute atomic E-state index is 0.0308. The van der Waals surface area contributed by atoms with Crippen molar-refractivity contribution in [2.75, 3.05) is 0 Å². The molecule has 4 bridgehead atoms. The molecule has 8 rings (SSSR count). The van der Waals surface area contributed by atoms with Gasteiger partial charge < -0.3 is 4.90 Å². The number of carbonyl (C=O) groups is 3. The molecule has 0 unspecified atom stereocenters. The molecule has 12 nitrogen and oxygen atoms in total. The summed E-state index contributed by atoms with van der Waals surface area (Å²) < 4.78 is 4.29. The van der Waals surface area contributed by atoms with Crippen molar-refractivity contribution >= 4 is 44.3 Å². The summed E-state index contributed by atoms with van der Waals surface area (Å²) in [4.78, 5) is 57.4. The standard InChI is InChI=1S/C40H44BrN9O3/c1-24-12-13-36(41)44-32(24)16-34(52)33-17-40-18-35(40)50(33)37(53)22-49-39-27(10-8-6-4-5-7-9-11-30-21-48(23-40)47-45-30)14-28(29-19-42-26(3)43-20-29)15-31(39)38(46-49)25(2)51/h12-15,19-21,33,35H,4-11,16-18,22-23H2,1-3H3/t33-,35+,40-/m0/s1. The van der Waals surface area contributed by atoms with Gasteiger partial charge in [0.05, 0.1) is 35.9 Å². The molecule has 1 saturated heterocycles. The quantitative estimate of drug-likeness (QED) is 0.147. The van der Waals surface area contributed by atoms with Crippen molar-refractivity contribution in [3.05, 3.63) is 81.5 Å². The van der Waals surface area contributed by atoms with E-state index in [4.69, 9.17) is 5.10 Å². The lowest BCUT2D eigenvalue weighted by molar-refractivity contribution is -0.139. The van der Waals surface area contributed by atoms with E-state index >= 15 is 0 Å². The molecule has 13 heteroatoms. The van der Waals surface area contributed by atoms with E-state index in [2.05, 4.69) is 47.3 Å². The third-order valence-corrected chi connectivity index (χ3v) is 11.9. The van der Waals surface area contributed by atoms with Crippen LogP contribution in [-0.2, 0) is 41.9 Å². The van der Waals surface area contributed by atoms with Gasteiger partial charge in [0.25, 0.3) is 0 Å². The van der Waals surface area contributed by atoms with Crippen LogP contribution in [0, 0.1) is 19.3 Å². The molecule has 6 heterocycles. The molecule has 2 aliphatic heterocycles. The highest BCUT2D eigenvalue weighted by Crippen LogP contribution is 2.60. The molecular weight excluding hydrogens is 734 g/mol. The van der Waals surface area contributed by atoms with Crippen molar-refractivity contribution in [2.45, 2.75) is 117 Å². The second-order valence-corrected chi connectivity index (χ2v) is 16.1. The fourth-order valence-corrected chi connectivity index (χ4v) is 8.91. The van der Waals surface area contributed by atoms with Gasteiger partial charge in [-0.1, -0.05) is 37.0 Å². The summed E-state index contributed by atoms with van der Waals surface area (Å²) in [6.45, 7) is 5.84. The number of benzene rings is 1. The average molecular weight is 779 g/mol. The van der Waals surface area contributed by atoms with Gasteiger partial charge in [0, 0.05) is 47.9 Å². The van der Waals surface area contributed by atoms with Crippen molar-refractivity contribution in [3.63, 3.8) is 0 Å². The highest BCUT2D eigenvalue weighted by molar-refractivity contribution is 9.10.